The first kappa shape index (κ1) is 18.6. The molecule has 0 unspecified atom stereocenters. The fourth-order valence-electron chi connectivity index (χ4n) is 2.66. The fourth-order valence-corrected chi connectivity index (χ4v) is 2.66. The third kappa shape index (κ3) is 3.67. The van der Waals surface area contributed by atoms with Crippen molar-refractivity contribution in [3.8, 4) is 22.5 Å². The molecule has 0 amide bonds. The Kier molecular flexibility index (Phi) is 4.69. The summed E-state index contributed by atoms with van der Waals surface area (Å²) in [6, 6.07) is 7.57. The zero-order valence-electron chi connectivity index (χ0n) is 14.5. The van der Waals surface area contributed by atoms with Crippen molar-refractivity contribution in [1.29, 1.82) is 0 Å². The molecule has 1 aromatic carbocycles. The average Bonchev–Trinajstić information content (AvgIpc) is 2.61. The van der Waals surface area contributed by atoms with E-state index in [1.54, 1.807) is 13.8 Å². The molecular formula is C18H16F3N5O. The monoisotopic (exact) mass is 375 g/mol. The van der Waals surface area contributed by atoms with Crippen molar-refractivity contribution in [2.24, 2.45) is 0 Å². The summed E-state index contributed by atoms with van der Waals surface area (Å²) in [5, 5.41) is 4.25. The maximum Gasteiger partial charge on any atom is 0.417 e. The number of nitrogens with zero attached hydrogens (tertiary/aromatic N) is 4. The van der Waals surface area contributed by atoms with E-state index >= 15 is 0 Å². The Morgan fingerprint density at radius 2 is 1.78 bits per heavy atom. The second-order valence-corrected chi connectivity index (χ2v) is 6.13. The lowest BCUT2D eigenvalue weighted by Gasteiger charge is -2.16. The fraction of sp³-hybridized carbons (Fsp3) is 0.222. The third-order valence-corrected chi connectivity index (χ3v) is 3.89. The Balaban J connectivity index is 2.29. The Morgan fingerprint density at radius 3 is 2.44 bits per heavy atom. The van der Waals surface area contributed by atoms with Crippen LogP contribution in [0, 0.1) is 0 Å². The van der Waals surface area contributed by atoms with Crippen LogP contribution < -0.4 is 11.3 Å². The van der Waals surface area contributed by atoms with E-state index in [4.69, 9.17) is 5.73 Å². The number of anilines is 1. The molecule has 0 radical (unpaired) electrons. The highest BCUT2D eigenvalue weighted by Gasteiger charge is 2.34. The quantitative estimate of drug-likeness (QED) is 0.757. The van der Waals surface area contributed by atoms with Gasteiger partial charge in [-0.1, -0.05) is 18.2 Å². The van der Waals surface area contributed by atoms with Crippen molar-refractivity contribution in [3.05, 3.63) is 58.5 Å². The van der Waals surface area contributed by atoms with Crippen molar-refractivity contribution in [2.45, 2.75) is 26.1 Å². The molecule has 6 nitrogen and oxygen atoms in total. The summed E-state index contributed by atoms with van der Waals surface area (Å²) in [6.07, 6.45) is -3.26. The van der Waals surface area contributed by atoms with E-state index < -0.39 is 11.7 Å². The first-order valence-electron chi connectivity index (χ1n) is 8.08. The van der Waals surface area contributed by atoms with Crippen molar-refractivity contribution in [3.63, 3.8) is 0 Å². The SMILES string of the molecule is CC(C)n1nc(-c2cnc(N)nc2-c2ccccc2C(F)(F)F)ccc1=O. The highest BCUT2D eigenvalue weighted by Crippen LogP contribution is 2.39. The number of benzene rings is 1. The largest absolute Gasteiger partial charge is 0.417 e. The van der Waals surface area contributed by atoms with Gasteiger partial charge >= 0.3 is 6.18 Å². The van der Waals surface area contributed by atoms with E-state index in [0.717, 1.165) is 6.07 Å². The van der Waals surface area contributed by atoms with Crippen molar-refractivity contribution < 1.29 is 13.2 Å². The molecule has 0 bridgehead atoms. The molecular weight excluding hydrogens is 359 g/mol. The minimum Gasteiger partial charge on any atom is -0.368 e. The topological polar surface area (TPSA) is 86.7 Å². The van der Waals surface area contributed by atoms with Gasteiger partial charge in [-0.15, -0.1) is 0 Å². The van der Waals surface area contributed by atoms with Crippen LogP contribution in [0.1, 0.15) is 25.5 Å². The van der Waals surface area contributed by atoms with Gasteiger partial charge in [-0.05, 0) is 26.0 Å². The molecule has 0 aliphatic carbocycles. The molecule has 27 heavy (non-hydrogen) atoms. The van der Waals surface area contributed by atoms with Gasteiger partial charge in [0.15, 0.2) is 0 Å². The van der Waals surface area contributed by atoms with E-state index in [9.17, 15) is 18.0 Å². The molecule has 0 saturated carbocycles. The van der Waals surface area contributed by atoms with Gasteiger partial charge in [0, 0.05) is 23.4 Å². The average molecular weight is 375 g/mol. The van der Waals surface area contributed by atoms with E-state index in [2.05, 4.69) is 15.1 Å². The predicted octanol–water partition coefficient (Wildman–Crippen LogP) is 3.55. The van der Waals surface area contributed by atoms with Crippen LogP contribution in [0.4, 0.5) is 19.1 Å². The van der Waals surface area contributed by atoms with Gasteiger partial charge in [0.05, 0.1) is 23.0 Å². The van der Waals surface area contributed by atoms with Gasteiger partial charge in [-0.2, -0.15) is 18.3 Å². The number of alkyl halides is 3. The molecule has 2 heterocycles. The third-order valence-electron chi connectivity index (χ3n) is 3.89. The summed E-state index contributed by atoms with van der Waals surface area (Å²) < 4.78 is 41.6. The molecule has 3 rings (SSSR count). The summed E-state index contributed by atoms with van der Waals surface area (Å²) in [5.74, 6) is -0.164. The summed E-state index contributed by atoms with van der Waals surface area (Å²) in [7, 11) is 0. The number of rotatable bonds is 3. The Hall–Kier alpha value is -3.23. The predicted molar refractivity (Wildman–Crippen MR) is 94.8 cm³/mol. The van der Waals surface area contributed by atoms with Crippen LogP contribution >= 0.6 is 0 Å². The molecule has 0 saturated heterocycles. The van der Waals surface area contributed by atoms with Crippen LogP contribution in [-0.4, -0.2) is 19.7 Å². The molecule has 0 aliphatic rings. The minimum absolute atomic E-state index is 0.00289. The highest BCUT2D eigenvalue weighted by molar-refractivity contribution is 5.80. The molecule has 140 valence electrons. The molecule has 0 spiro atoms. The maximum absolute atomic E-state index is 13.5. The second-order valence-electron chi connectivity index (χ2n) is 6.13. The Morgan fingerprint density at radius 1 is 1.07 bits per heavy atom. The van der Waals surface area contributed by atoms with Crippen LogP contribution in [-0.2, 0) is 6.18 Å². The number of hydrogen-bond acceptors (Lipinski definition) is 5. The maximum atomic E-state index is 13.5. The number of nitrogens with two attached hydrogens (primary N) is 1. The molecule has 0 fully saturated rings. The Bertz CT molecular complexity index is 1040. The zero-order chi connectivity index (χ0) is 19.8. The van der Waals surface area contributed by atoms with E-state index in [-0.39, 0.29) is 40.1 Å². The van der Waals surface area contributed by atoms with Crippen LogP contribution in [0.15, 0.2) is 47.4 Å². The normalized spacial score (nSPS) is 11.8. The zero-order valence-corrected chi connectivity index (χ0v) is 14.5. The molecule has 0 aliphatic heterocycles. The highest BCUT2D eigenvalue weighted by atomic mass is 19.4. The van der Waals surface area contributed by atoms with E-state index in [1.807, 2.05) is 0 Å². The molecule has 0 atom stereocenters. The van der Waals surface area contributed by atoms with Gasteiger partial charge in [-0.25, -0.2) is 14.6 Å². The van der Waals surface area contributed by atoms with Gasteiger partial charge in [-0.3, -0.25) is 4.79 Å². The van der Waals surface area contributed by atoms with Gasteiger partial charge in [0.1, 0.15) is 0 Å². The molecule has 9 heteroatoms. The van der Waals surface area contributed by atoms with Crippen LogP contribution in [0.3, 0.4) is 0 Å². The summed E-state index contributed by atoms with van der Waals surface area (Å²) >= 11 is 0. The van der Waals surface area contributed by atoms with Crippen molar-refractivity contribution in [1.82, 2.24) is 19.7 Å². The van der Waals surface area contributed by atoms with Crippen LogP contribution in [0.5, 0.6) is 0 Å². The lowest BCUT2D eigenvalue weighted by Crippen LogP contribution is -2.24. The first-order chi connectivity index (χ1) is 12.7. The molecule has 2 aromatic heterocycles. The van der Waals surface area contributed by atoms with Crippen molar-refractivity contribution in [2.75, 3.05) is 5.73 Å². The lowest BCUT2D eigenvalue weighted by molar-refractivity contribution is -0.137. The first-order valence-corrected chi connectivity index (χ1v) is 8.08. The Labute approximate surface area is 152 Å². The molecule has 3 aromatic rings. The smallest absolute Gasteiger partial charge is 0.368 e. The van der Waals surface area contributed by atoms with Gasteiger partial charge < -0.3 is 5.73 Å². The summed E-state index contributed by atoms with van der Waals surface area (Å²) in [6.45, 7) is 3.55. The second kappa shape index (κ2) is 6.82. The van der Waals surface area contributed by atoms with Gasteiger partial charge in [0.2, 0.25) is 5.95 Å². The summed E-state index contributed by atoms with van der Waals surface area (Å²) in [4.78, 5) is 19.9. The van der Waals surface area contributed by atoms with E-state index in [1.165, 1.54) is 41.2 Å². The summed E-state index contributed by atoms with van der Waals surface area (Å²) in [5.41, 5.74) is 4.84. The number of hydrogen-bond donors (Lipinski definition) is 1. The minimum atomic E-state index is -4.57. The van der Waals surface area contributed by atoms with Crippen LogP contribution in [0.25, 0.3) is 22.5 Å². The van der Waals surface area contributed by atoms with Crippen molar-refractivity contribution >= 4 is 5.95 Å². The lowest BCUT2D eigenvalue weighted by atomic mass is 9.99. The van der Waals surface area contributed by atoms with Crippen LogP contribution in [0.2, 0.25) is 0 Å². The van der Waals surface area contributed by atoms with Gasteiger partial charge in [0.25, 0.3) is 5.56 Å². The number of aromatic nitrogens is 4. The standard InChI is InChI=1S/C18H16F3N5O/c1-10(2)26-15(27)8-7-14(25-26)12-9-23-17(22)24-16(12)11-5-3-4-6-13(11)18(19,20)21/h3-10H,1-2H3,(H2,22,23,24). The number of halogens is 3. The molecule has 2 N–H and O–H groups in total. The van der Waals surface area contributed by atoms with E-state index in [0.29, 0.717) is 0 Å². The number of nitrogen functional groups attached to an aromatic ring is 1.